The van der Waals surface area contributed by atoms with Crippen LogP contribution in [0.4, 0.5) is 0 Å². The van der Waals surface area contributed by atoms with Crippen molar-refractivity contribution in [1.82, 2.24) is 0 Å². The number of hydrogen-bond donors (Lipinski definition) is 1. The molecule has 0 saturated carbocycles. The fourth-order valence-corrected chi connectivity index (χ4v) is 0.961. The molecule has 0 bridgehead atoms. The van der Waals surface area contributed by atoms with E-state index in [9.17, 15) is 4.79 Å². The molecule has 0 amide bonds. The van der Waals surface area contributed by atoms with E-state index in [1.807, 2.05) is 13.0 Å². The van der Waals surface area contributed by atoms with Crippen LogP contribution in [0.3, 0.4) is 0 Å². The Kier molecular flexibility index (Phi) is 6.67. The van der Waals surface area contributed by atoms with E-state index in [1.165, 1.54) is 0 Å². The van der Waals surface area contributed by atoms with Crippen molar-refractivity contribution in [3.8, 4) is 0 Å². The standard InChI is InChI=1S/C10H18O2/c1-9(6-7-11)4-3-5-10(2)8-12/h5,7,9,12H,3-4,6,8H2,1-2H3/b10-5+. The Morgan fingerprint density at radius 2 is 2.25 bits per heavy atom. The second-order valence-electron chi connectivity index (χ2n) is 3.29. The smallest absolute Gasteiger partial charge is 0.120 e. The van der Waals surface area contributed by atoms with Crippen molar-refractivity contribution < 1.29 is 9.90 Å². The van der Waals surface area contributed by atoms with Crippen LogP contribution in [0, 0.1) is 5.92 Å². The molecule has 1 N–H and O–H groups in total. The summed E-state index contributed by atoms with van der Waals surface area (Å²) in [5.41, 5.74) is 1.01. The predicted molar refractivity (Wildman–Crippen MR) is 49.9 cm³/mol. The van der Waals surface area contributed by atoms with Gasteiger partial charge in [-0.1, -0.05) is 18.6 Å². The summed E-state index contributed by atoms with van der Waals surface area (Å²) < 4.78 is 0. The van der Waals surface area contributed by atoms with Gasteiger partial charge in [0.1, 0.15) is 6.29 Å². The molecule has 12 heavy (non-hydrogen) atoms. The van der Waals surface area contributed by atoms with Gasteiger partial charge in [-0.2, -0.15) is 0 Å². The van der Waals surface area contributed by atoms with Crippen molar-refractivity contribution >= 4 is 6.29 Å². The van der Waals surface area contributed by atoms with Crippen molar-refractivity contribution in [2.24, 2.45) is 5.92 Å². The lowest BCUT2D eigenvalue weighted by molar-refractivity contribution is -0.108. The first-order valence-corrected chi connectivity index (χ1v) is 4.40. The van der Waals surface area contributed by atoms with Gasteiger partial charge in [0.15, 0.2) is 0 Å². The van der Waals surface area contributed by atoms with Gasteiger partial charge < -0.3 is 9.90 Å². The first-order valence-electron chi connectivity index (χ1n) is 4.40. The zero-order valence-corrected chi connectivity index (χ0v) is 7.92. The Balaban J connectivity index is 3.47. The maximum Gasteiger partial charge on any atom is 0.120 e. The van der Waals surface area contributed by atoms with Gasteiger partial charge in [0, 0.05) is 6.42 Å². The van der Waals surface area contributed by atoms with Gasteiger partial charge in [-0.05, 0) is 25.7 Å². The summed E-state index contributed by atoms with van der Waals surface area (Å²) in [6, 6.07) is 0. The Morgan fingerprint density at radius 1 is 1.58 bits per heavy atom. The highest BCUT2D eigenvalue weighted by Crippen LogP contribution is 2.09. The summed E-state index contributed by atoms with van der Waals surface area (Å²) >= 11 is 0. The number of aliphatic hydroxyl groups is 1. The van der Waals surface area contributed by atoms with Gasteiger partial charge in [0.2, 0.25) is 0 Å². The minimum absolute atomic E-state index is 0.141. The molecular weight excluding hydrogens is 152 g/mol. The van der Waals surface area contributed by atoms with Gasteiger partial charge in [-0.25, -0.2) is 0 Å². The molecule has 0 aliphatic rings. The third-order valence-corrected chi connectivity index (χ3v) is 1.90. The van der Waals surface area contributed by atoms with Crippen LogP contribution in [0.15, 0.2) is 11.6 Å². The fourth-order valence-electron chi connectivity index (χ4n) is 0.961. The number of hydrogen-bond acceptors (Lipinski definition) is 2. The first-order chi connectivity index (χ1) is 5.70. The van der Waals surface area contributed by atoms with Gasteiger partial charge in [0.05, 0.1) is 6.61 Å². The minimum Gasteiger partial charge on any atom is -0.392 e. The molecule has 0 saturated heterocycles. The second-order valence-corrected chi connectivity index (χ2v) is 3.29. The highest BCUT2D eigenvalue weighted by Gasteiger charge is 1.98. The molecule has 0 heterocycles. The van der Waals surface area contributed by atoms with Crippen LogP contribution in [0.1, 0.15) is 33.1 Å². The Labute approximate surface area is 74.3 Å². The van der Waals surface area contributed by atoms with E-state index in [-0.39, 0.29) is 6.61 Å². The zero-order chi connectivity index (χ0) is 9.40. The molecule has 0 aromatic carbocycles. The molecule has 0 aromatic rings. The summed E-state index contributed by atoms with van der Waals surface area (Å²) in [7, 11) is 0. The van der Waals surface area contributed by atoms with E-state index in [2.05, 4.69) is 6.92 Å². The number of rotatable bonds is 6. The molecule has 1 unspecified atom stereocenters. The summed E-state index contributed by atoms with van der Waals surface area (Å²) in [4.78, 5) is 10.1. The van der Waals surface area contributed by atoms with Crippen molar-refractivity contribution in [1.29, 1.82) is 0 Å². The lowest BCUT2D eigenvalue weighted by atomic mass is 10.0. The minimum atomic E-state index is 0.141. The SMILES string of the molecule is C/C(=C\CCC(C)CC=O)CO. The van der Waals surface area contributed by atoms with E-state index >= 15 is 0 Å². The van der Waals surface area contributed by atoms with E-state index in [0.29, 0.717) is 12.3 Å². The predicted octanol–water partition coefficient (Wildman–Crippen LogP) is 1.93. The molecule has 1 atom stereocenters. The molecule has 2 heteroatoms. The molecule has 0 aliphatic heterocycles. The Morgan fingerprint density at radius 3 is 2.75 bits per heavy atom. The normalized spacial score (nSPS) is 14.4. The van der Waals surface area contributed by atoms with Gasteiger partial charge in [-0.3, -0.25) is 0 Å². The molecule has 70 valence electrons. The summed E-state index contributed by atoms with van der Waals surface area (Å²) in [5, 5.41) is 8.68. The lowest BCUT2D eigenvalue weighted by Gasteiger charge is -2.04. The van der Waals surface area contributed by atoms with Gasteiger partial charge in [-0.15, -0.1) is 0 Å². The maximum absolute atomic E-state index is 10.1. The topological polar surface area (TPSA) is 37.3 Å². The summed E-state index contributed by atoms with van der Waals surface area (Å²) in [6.07, 6.45) is 5.62. The first kappa shape index (κ1) is 11.4. The fraction of sp³-hybridized carbons (Fsp3) is 0.700. The van der Waals surface area contributed by atoms with Crippen molar-refractivity contribution in [2.45, 2.75) is 33.1 Å². The van der Waals surface area contributed by atoms with E-state index in [4.69, 9.17) is 5.11 Å². The molecule has 0 spiro atoms. The third kappa shape index (κ3) is 6.10. The second kappa shape index (κ2) is 7.04. The van der Waals surface area contributed by atoms with E-state index in [1.54, 1.807) is 0 Å². The number of aliphatic hydroxyl groups excluding tert-OH is 1. The molecule has 0 fully saturated rings. The van der Waals surface area contributed by atoms with Crippen LogP contribution in [0.5, 0.6) is 0 Å². The molecular formula is C10H18O2. The highest BCUT2D eigenvalue weighted by atomic mass is 16.3. The maximum atomic E-state index is 10.1. The number of allylic oxidation sites excluding steroid dienone is 1. The largest absolute Gasteiger partial charge is 0.392 e. The molecule has 0 aliphatic carbocycles. The van der Waals surface area contributed by atoms with Crippen molar-refractivity contribution in [2.75, 3.05) is 6.61 Å². The zero-order valence-electron chi connectivity index (χ0n) is 7.92. The van der Waals surface area contributed by atoms with Crippen LogP contribution < -0.4 is 0 Å². The molecule has 0 aromatic heterocycles. The van der Waals surface area contributed by atoms with Crippen LogP contribution in [-0.2, 0) is 4.79 Å². The number of carbonyl (C=O) groups is 1. The van der Waals surface area contributed by atoms with Crippen LogP contribution in [-0.4, -0.2) is 18.0 Å². The monoisotopic (exact) mass is 170 g/mol. The summed E-state index contributed by atoms with van der Waals surface area (Å²) in [5.74, 6) is 0.463. The van der Waals surface area contributed by atoms with E-state index < -0.39 is 0 Å². The van der Waals surface area contributed by atoms with Crippen LogP contribution in [0.2, 0.25) is 0 Å². The van der Waals surface area contributed by atoms with Gasteiger partial charge >= 0.3 is 0 Å². The quantitative estimate of drug-likeness (QED) is 0.488. The Hall–Kier alpha value is -0.630. The Bertz CT molecular complexity index is 150. The van der Waals surface area contributed by atoms with Gasteiger partial charge in [0.25, 0.3) is 0 Å². The van der Waals surface area contributed by atoms with Crippen molar-refractivity contribution in [3.05, 3.63) is 11.6 Å². The van der Waals surface area contributed by atoms with Crippen molar-refractivity contribution in [3.63, 3.8) is 0 Å². The third-order valence-electron chi connectivity index (χ3n) is 1.90. The molecule has 0 rings (SSSR count). The highest BCUT2D eigenvalue weighted by molar-refractivity contribution is 5.49. The average molecular weight is 170 g/mol. The average Bonchev–Trinajstić information content (AvgIpc) is 2.04. The van der Waals surface area contributed by atoms with Crippen LogP contribution >= 0.6 is 0 Å². The molecule has 0 radical (unpaired) electrons. The lowest BCUT2D eigenvalue weighted by Crippen LogP contribution is -1.94. The number of aldehydes is 1. The number of carbonyl (C=O) groups excluding carboxylic acids is 1. The van der Waals surface area contributed by atoms with Crippen LogP contribution in [0.25, 0.3) is 0 Å². The molecule has 2 nitrogen and oxygen atoms in total. The summed E-state index contributed by atoms with van der Waals surface area (Å²) in [6.45, 7) is 4.11. The van der Waals surface area contributed by atoms with E-state index in [0.717, 1.165) is 24.7 Å².